The van der Waals surface area contributed by atoms with E-state index in [0.717, 1.165) is 12.8 Å². The summed E-state index contributed by atoms with van der Waals surface area (Å²) in [6.07, 6.45) is 5.66. The third kappa shape index (κ3) is 1.96. The van der Waals surface area contributed by atoms with Crippen molar-refractivity contribution in [2.75, 3.05) is 6.54 Å². The molecule has 1 aliphatic carbocycles. The van der Waals surface area contributed by atoms with E-state index in [1.54, 1.807) is 0 Å². The molecule has 3 N–H and O–H groups in total. The smallest absolute Gasteiger partial charge is 0.0580 e. The van der Waals surface area contributed by atoms with Crippen molar-refractivity contribution < 1.29 is 5.11 Å². The molecular weight excluding hydrogens is 126 g/mol. The first-order valence-electron chi connectivity index (χ1n) is 4.22. The highest BCUT2D eigenvalue weighted by Crippen LogP contribution is 2.22. The van der Waals surface area contributed by atoms with Crippen molar-refractivity contribution >= 4 is 0 Å². The molecule has 2 atom stereocenters. The lowest BCUT2D eigenvalue weighted by molar-refractivity contribution is 0.105. The fourth-order valence-corrected chi connectivity index (χ4v) is 1.64. The van der Waals surface area contributed by atoms with E-state index in [0.29, 0.717) is 12.5 Å². The molecule has 0 aromatic heterocycles. The number of rotatable bonds is 1. The fraction of sp³-hybridized carbons (Fsp3) is 1.00. The van der Waals surface area contributed by atoms with Crippen LogP contribution in [-0.2, 0) is 0 Å². The molecule has 0 radical (unpaired) electrons. The first kappa shape index (κ1) is 8.02. The highest BCUT2D eigenvalue weighted by atomic mass is 16.3. The molecule has 1 fully saturated rings. The number of hydrogen-bond donors (Lipinski definition) is 2. The summed E-state index contributed by atoms with van der Waals surface area (Å²) >= 11 is 0. The van der Waals surface area contributed by atoms with E-state index in [1.807, 2.05) is 0 Å². The summed E-state index contributed by atoms with van der Waals surface area (Å²) in [7, 11) is 0. The minimum Gasteiger partial charge on any atom is -0.393 e. The second kappa shape index (κ2) is 3.94. The van der Waals surface area contributed by atoms with Gasteiger partial charge in [0.15, 0.2) is 0 Å². The molecule has 0 aromatic carbocycles. The van der Waals surface area contributed by atoms with Gasteiger partial charge in [-0.3, -0.25) is 0 Å². The van der Waals surface area contributed by atoms with Crippen LogP contribution in [0.5, 0.6) is 0 Å². The molecule has 1 saturated carbocycles. The van der Waals surface area contributed by atoms with Crippen molar-refractivity contribution in [3.05, 3.63) is 0 Å². The number of hydrogen-bond acceptors (Lipinski definition) is 2. The number of aliphatic hydroxyl groups excluding tert-OH is 1. The zero-order valence-corrected chi connectivity index (χ0v) is 6.42. The van der Waals surface area contributed by atoms with E-state index >= 15 is 0 Å². The molecule has 0 bridgehead atoms. The van der Waals surface area contributed by atoms with Gasteiger partial charge >= 0.3 is 0 Å². The second-order valence-corrected chi connectivity index (χ2v) is 3.20. The summed E-state index contributed by atoms with van der Waals surface area (Å²) in [5, 5.41) is 9.47. The van der Waals surface area contributed by atoms with Gasteiger partial charge in [0, 0.05) is 0 Å². The standard InChI is InChI=1S/C8H17NO/c9-6-7-4-2-1-3-5-8(7)10/h7-8,10H,1-6,9H2/t7-,8-/m0/s1. The van der Waals surface area contributed by atoms with Crippen LogP contribution in [0.15, 0.2) is 0 Å². The van der Waals surface area contributed by atoms with Crippen LogP contribution < -0.4 is 5.73 Å². The largest absolute Gasteiger partial charge is 0.393 e. The van der Waals surface area contributed by atoms with Crippen molar-refractivity contribution in [2.45, 2.75) is 38.2 Å². The number of nitrogens with two attached hydrogens (primary N) is 1. The van der Waals surface area contributed by atoms with Crippen molar-refractivity contribution in [3.63, 3.8) is 0 Å². The molecule has 0 aliphatic heterocycles. The molecule has 0 amide bonds. The summed E-state index contributed by atoms with van der Waals surface area (Å²) in [5.74, 6) is 0.377. The Morgan fingerprint density at radius 1 is 1.20 bits per heavy atom. The van der Waals surface area contributed by atoms with Gasteiger partial charge in [-0.2, -0.15) is 0 Å². The van der Waals surface area contributed by atoms with Gasteiger partial charge in [-0.05, 0) is 25.3 Å². The van der Waals surface area contributed by atoms with Crippen LogP contribution in [0.2, 0.25) is 0 Å². The van der Waals surface area contributed by atoms with Gasteiger partial charge in [0.1, 0.15) is 0 Å². The van der Waals surface area contributed by atoms with Crippen LogP contribution in [0.1, 0.15) is 32.1 Å². The van der Waals surface area contributed by atoms with Crippen LogP contribution in [0.4, 0.5) is 0 Å². The van der Waals surface area contributed by atoms with Gasteiger partial charge < -0.3 is 10.8 Å². The van der Waals surface area contributed by atoms with Crippen molar-refractivity contribution in [1.29, 1.82) is 0 Å². The maximum atomic E-state index is 9.47. The van der Waals surface area contributed by atoms with Gasteiger partial charge in [-0.1, -0.05) is 19.3 Å². The Morgan fingerprint density at radius 2 is 1.90 bits per heavy atom. The average molecular weight is 143 g/mol. The van der Waals surface area contributed by atoms with E-state index in [2.05, 4.69) is 0 Å². The average Bonchev–Trinajstić information content (AvgIpc) is 2.13. The van der Waals surface area contributed by atoms with Crippen LogP contribution in [0.3, 0.4) is 0 Å². The topological polar surface area (TPSA) is 46.2 Å². The quantitative estimate of drug-likeness (QED) is 0.535. The molecule has 1 aliphatic rings. The Balaban J connectivity index is 2.35. The maximum absolute atomic E-state index is 9.47. The molecular formula is C8H17NO. The van der Waals surface area contributed by atoms with E-state index in [-0.39, 0.29) is 6.10 Å². The second-order valence-electron chi connectivity index (χ2n) is 3.20. The normalized spacial score (nSPS) is 35.4. The van der Waals surface area contributed by atoms with Crippen LogP contribution >= 0.6 is 0 Å². The van der Waals surface area contributed by atoms with E-state index in [1.165, 1.54) is 19.3 Å². The zero-order chi connectivity index (χ0) is 7.40. The molecule has 2 heteroatoms. The summed E-state index contributed by atoms with van der Waals surface area (Å²) in [6.45, 7) is 0.654. The summed E-state index contributed by atoms with van der Waals surface area (Å²) in [6, 6.07) is 0. The van der Waals surface area contributed by atoms with Gasteiger partial charge in [-0.15, -0.1) is 0 Å². The van der Waals surface area contributed by atoms with E-state index in [9.17, 15) is 5.11 Å². The Bertz CT molecular complexity index is 95.3. The van der Waals surface area contributed by atoms with Gasteiger partial charge in [-0.25, -0.2) is 0 Å². The third-order valence-electron chi connectivity index (χ3n) is 2.42. The molecule has 10 heavy (non-hydrogen) atoms. The van der Waals surface area contributed by atoms with Crippen molar-refractivity contribution in [2.24, 2.45) is 11.7 Å². The lowest BCUT2D eigenvalue weighted by atomic mass is 9.98. The lowest BCUT2D eigenvalue weighted by Crippen LogP contribution is -2.26. The van der Waals surface area contributed by atoms with E-state index < -0.39 is 0 Å². The SMILES string of the molecule is NC[C@@H]1CCCCC[C@@H]1O. The monoisotopic (exact) mass is 143 g/mol. The van der Waals surface area contributed by atoms with E-state index in [4.69, 9.17) is 5.73 Å². The highest BCUT2D eigenvalue weighted by Gasteiger charge is 2.19. The van der Waals surface area contributed by atoms with Crippen molar-refractivity contribution in [1.82, 2.24) is 0 Å². The molecule has 0 aromatic rings. The molecule has 0 saturated heterocycles. The predicted octanol–water partition coefficient (Wildman–Crippen LogP) is 0.886. The Kier molecular flexibility index (Phi) is 3.16. The minimum absolute atomic E-state index is 0.118. The number of aliphatic hydroxyl groups is 1. The zero-order valence-electron chi connectivity index (χ0n) is 6.42. The Morgan fingerprint density at radius 3 is 2.60 bits per heavy atom. The molecule has 2 nitrogen and oxygen atoms in total. The van der Waals surface area contributed by atoms with Crippen LogP contribution in [-0.4, -0.2) is 17.8 Å². The minimum atomic E-state index is -0.118. The van der Waals surface area contributed by atoms with Gasteiger partial charge in [0.25, 0.3) is 0 Å². The highest BCUT2D eigenvalue weighted by molar-refractivity contribution is 4.72. The van der Waals surface area contributed by atoms with Gasteiger partial charge in [0.2, 0.25) is 0 Å². The first-order chi connectivity index (χ1) is 4.84. The van der Waals surface area contributed by atoms with Gasteiger partial charge in [0.05, 0.1) is 6.10 Å². The third-order valence-corrected chi connectivity index (χ3v) is 2.42. The Labute approximate surface area is 62.4 Å². The van der Waals surface area contributed by atoms with Crippen molar-refractivity contribution in [3.8, 4) is 0 Å². The predicted molar refractivity (Wildman–Crippen MR) is 41.6 cm³/mol. The Hall–Kier alpha value is -0.0800. The fourth-order valence-electron chi connectivity index (χ4n) is 1.64. The first-order valence-corrected chi connectivity index (χ1v) is 4.22. The molecule has 60 valence electrons. The molecule has 0 heterocycles. The van der Waals surface area contributed by atoms with Crippen LogP contribution in [0, 0.1) is 5.92 Å². The lowest BCUT2D eigenvalue weighted by Gasteiger charge is -2.17. The molecule has 1 rings (SSSR count). The molecule has 0 spiro atoms. The molecule has 0 unspecified atom stereocenters. The summed E-state index contributed by atoms with van der Waals surface area (Å²) in [4.78, 5) is 0. The maximum Gasteiger partial charge on any atom is 0.0580 e. The van der Waals surface area contributed by atoms with Crippen LogP contribution in [0.25, 0.3) is 0 Å². The summed E-state index contributed by atoms with van der Waals surface area (Å²) < 4.78 is 0. The summed E-state index contributed by atoms with van der Waals surface area (Å²) in [5.41, 5.74) is 5.50.